The molecule has 0 radical (unpaired) electrons. The summed E-state index contributed by atoms with van der Waals surface area (Å²) in [6.45, 7) is 3.60. The van der Waals surface area contributed by atoms with Gasteiger partial charge in [0.1, 0.15) is 6.10 Å². The molecule has 0 aliphatic carbocycles. The Morgan fingerprint density at radius 3 is 2.74 bits per heavy atom. The van der Waals surface area contributed by atoms with Crippen LogP contribution < -0.4 is 5.32 Å². The van der Waals surface area contributed by atoms with E-state index in [1.54, 1.807) is 4.90 Å². The molecule has 4 rings (SSSR count). The molecule has 2 aromatic rings. The topological polar surface area (TPSA) is 77.7 Å². The van der Waals surface area contributed by atoms with Gasteiger partial charge in [-0.15, -0.1) is 0 Å². The van der Waals surface area contributed by atoms with E-state index in [1.165, 1.54) is 0 Å². The molecule has 0 saturated carbocycles. The lowest BCUT2D eigenvalue weighted by atomic mass is 10.2. The van der Waals surface area contributed by atoms with Gasteiger partial charge in [0.2, 0.25) is 0 Å². The van der Waals surface area contributed by atoms with Gasteiger partial charge in [-0.3, -0.25) is 4.79 Å². The van der Waals surface area contributed by atoms with Crippen molar-refractivity contribution in [3.05, 3.63) is 36.0 Å². The molecule has 7 heteroatoms. The molecule has 2 aliphatic rings. The summed E-state index contributed by atoms with van der Waals surface area (Å²) >= 11 is 0. The summed E-state index contributed by atoms with van der Waals surface area (Å²) in [5.41, 5.74) is 2.05. The van der Waals surface area contributed by atoms with Crippen molar-refractivity contribution in [3.63, 3.8) is 0 Å². The lowest BCUT2D eigenvalue weighted by molar-refractivity contribution is -0.140. The number of fused-ring (bicyclic) bond motifs is 1. The predicted molar refractivity (Wildman–Crippen MR) is 102 cm³/mol. The van der Waals surface area contributed by atoms with Crippen molar-refractivity contribution < 1.29 is 14.3 Å². The van der Waals surface area contributed by atoms with E-state index in [0.717, 1.165) is 35.9 Å². The molecule has 27 heavy (non-hydrogen) atoms. The summed E-state index contributed by atoms with van der Waals surface area (Å²) in [5.74, 6) is 0.0767. The molecule has 144 valence electrons. The first kappa shape index (κ1) is 17.9. The van der Waals surface area contributed by atoms with Crippen molar-refractivity contribution in [2.45, 2.75) is 31.9 Å². The SMILES string of the molecule is O=C(NCc1cc2ccccc2[nH]1)N1CCCN(C(=O)[C@@H]2CCCO2)CC1. The van der Waals surface area contributed by atoms with Crippen molar-refractivity contribution in [2.24, 2.45) is 0 Å². The number of aromatic nitrogens is 1. The monoisotopic (exact) mass is 370 g/mol. The molecule has 1 aromatic carbocycles. The number of ether oxygens (including phenoxy) is 1. The number of hydrogen-bond acceptors (Lipinski definition) is 3. The molecule has 3 heterocycles. The first-order valence-electron chi connectivity index (χ1n) is 9.70. The molecule has 2 fully saturated rings. The second kappa shape index (κ2) is 8.00. The van der Waals surface area contributed by atoms with Crippen molar-refractivity contribution in [1.29, 1.82) is 0 Å². The quantitative estimate of drug-likeness (QED) is 0.868. The van der Waals surface area contributed by atoms with Crippen LogP contribution in [0.1, 0.15) is 25.0 Å². The van der Waals surface area contributed by atoms with Crippen LogP contribution in [0.4, 0.5) is 4.79 Å². The van der Waals surface area contributed by atoms with E-state index in [2.05, 4.69) is 16.4 Å². The molecular formula is C20H26N4O3. The first-order valence-corrected chi connectivity index (χ1v) is 9.70. The van der Waals surface area contributed by atoms with Crippen LogP contribution in [0.15, 0.2) is 30.3 Å². The molecule has 7 nitrogen and oxygen atoms in total. The Morgan fingerprint density at radius 2 is 1.93 bits per heavy atom. The van der Waals surface area contributed by atoms with Crippen LogP contribution in [0, 0.1) is 0 Å². The maximum absolute atomic E-state index is 12.5. The summed E-state index contributed by atoms with van der Waals surface area (Å²) in [4.78, 5) is 32.0. The van der Waals surface area contributed by atoms with Crippen molar-refractivity contribution in [3.8, 4) is 0 Å². The minimum absolute atomic E-state index is 0.0767. The van der Waals surface area contributed by atoms with Gasteiger partial charge in [-0.05, 0) is 36.8 Å². The van der Waals surface area contributed by atoms with Crippen molar-refractivity contribution in [1.82, 2.24) is 20.1 Å². The van der Waals surface area contributed by atoms with E-state index in [9.17, 15) is 9.59 Å². The number of benzene rings is 1. The zero-order valence-corrected chi connectivity index (χ0v) is 15.4. The number of aromatic amines is 1. The van der Waals surface area contributed by atoms with Gasteiger partial charge in [0.25, 0.3) is 5.91 Å². The third-order valence-corrected chi connectivity index (χ3v) is 5.32. The number of carbonyl (C=O) groups excluding carboxylic acids is 2. The van der Waals surface area contributed by atoms with Gasteiger partial charge in [-0.2, -0.15) is 0 Å². The average molecular weight is 370 g/mol. The Bertz CT molecular complexity index is 779. The van der Waals surface area contributed by atoms with Crippen molar-refractivity contribution >= 4 is 22.8 Å². The van der Waals surface area contributed by atoms with E-state index >= 15 is 0 Å². The molecular weight excluding hydrogens is 344 g/mol. The number of hydrogen-bond donors (Lipinski definition) is 2. The van der Waals surface area contributed by atoms with Gasteiger partial charge < -0.3 is 24.8 Å². The number of urea groups is 1. The van der Waals surface area contributed by atoms with Crippen molar-refractivity contribution in [2.75, 3.05) is 32.8 Å². The number of H-pyrrole nitrogens is 1. The second-order valence-electron chi connectivity index (χ2n) is 7.21. The molecule has 0 bridgehead atoms. The zero-order chi connectivity index (χ0) is 18.6. The molecule has 2 aliphatic heterocycles. The van der Waals surface area contributed by atoms with Gasteiger partial charge in [0.15, 0.2) is 0 Å². The van der Waals surface area contributed by atoms with Crippen LogP contribution in [0.25, 0.3) is 10.9 Å². The van der Waals surface area contributed by atoms with Crippen LogP contribution in [0.5, 0.6) is 0 Å². The van der Waals surface area contributed by atoms with E-state index < -0.39 is 0 Å². The minimum atomic E-state index is -0.285. The predicted octanol–water partition coefficient (Wildman–Crippen LogP) is 2.09. The standard InChI is InChI=1S/C20H26N4O3/c25-19(18-7-3-12-27-18)23-8-4-9-24(11-10-23)20(26)21-14-16-13-15-5-1-2-6-17(15)22-16/h1-2,5-6,13,18,22H,3-4,7-12,14H2,(H,21,26)/t18-/m0/s1. The summed E-state index contributed by atoms with van der Waals surface area (Å²) in [5, 5.41) is 4.12. The second-order valence-corrected chi connectivity index (χ2v) is 7.21. The van der Waals surface area contributed by atoms with E-state index in [1.807, 2.05) is 29.2 Å². The molecule has 2 N–H and O–H groups in total. The smallest absolute Gasteiger partial charge is 0.317 e. The van der Waals surface area contributed by atoms with Crippen LogP contribution in [-0.4, -0.2) is 65.6 Å². The maximum atomic E-state index is 12.5. The maximum Gasteiger partial charge on any atom is 0.317 e. The van der Waals surface area contributed by atoms with E-state index in [4.69, 9.17) is 4.74 Å². The Hall–Kier alpha value is -2.54. The highest BCUT2D eigenvalue weighted by Gasteiger charge is 2.30. The number of carbonyl (C=O) groups is 2. The minimum Gasteiger partial charge on any atom is -0.368 e. The molecule has 3 amide bonds. The van der Waals surface area contributed by atoms with Crippen LogP contribution in [-0.2, 0) is 16.1 Å². The normalized spacial score (nSPS) is 20.7. The van der Waals surface area contributed by atoms with Gasteiger partial charge in [-0.25, -0.2) is 4.79 Å². The van der Waals surface area contributed by atoms with E-state index in [-0.39, 0.29) is 18.0 Å². The van der Waals surface area contributed by atoms with E-state index in [0.29, 0.717) is 39.3 Å². The molecule has 0 unspecified atom stereocenters. The number of nitrogens with zero attached hydrogens (tertiary/aromatic N) is 2. The molecule has 2 saturated heterocycles. The van der Waals surface area contributed by atoms with Gasteiger partial charge in [0.05, 0.1) is 6.54 Å². The average Bonchev–Trinajstić information content (AvgIpc) is 3.29. The Labute approximate surface area is 158 Å². The highest BCUT2D eigenvalue weighted by Crippen LogP contribution is 2.17. The number of nitrogens with one attached hydrogen (secondary N) is 2. The number of para-hydroxylation sites is 1. The number of rotatable bonds is 3. The molecule has 1 atom stereocenters. The van der Waals surface area contributed by atoms with Crippen LogP contribution in [0.3, 0.4) is 0 Å². The third-order valence-electron chi connectivity index (χ3n) is 5.32. The molecule has 1 aromatic heterocycles. The Kier molecular flexibility index (Phi) is 5.29. The summed E-state index contributed by atoms with van der Waals surface area (Å²) in [6, 6.07) is 10.0. The fourth-order valence-corrected chi connectivity index (χ4v) is 3.83. The van der Waals surface area contributed by atoms with Gasteiger partial charge in [0, 0.05) is 44.0 Å². The Morgan fingerprint density at radius 1 is 1.11 bits per heavy atom. The van der Waals surface area contributed by atoms with Gasteiger partial charge >= 0.3 is 6.03 Å². The highest BCUT2D eigenvalue weighted by molar-refractivity contribution is 5.82. The Balaban J connectivity index is 1.29. The summed E-state index contributed by atoms with van der Waals surface area (Å²) in [6.07, 6.45) is 2.27. The lowest BCUT2D eigenvalue weighted by Crippen LogP contribution is -2.44. The largest absolute Gasteiger partial charge is 0.368 e. The number of amides is 3. The van der Waals surface area contributed by atoms with Gasteiger partial charge in [-0.1, -0.05) is 18.2 Å². The first-order chi connectivity index (χ1) is 13.2. The van der Waals surface area contributed by atoms with Crippen LogP contribution in [0.2, 0.25) is 0 Å². The highest BCUT2D eigenvalue weighted by atomic mass is 16.5. The lowest BCUT2D eigenvalue weighted by Gasteiger charge is -2.24. The fourth-order valence-electron chi connectivity index (χ4n) is 3.83. The summed E-state index contributed by atoms with van der Waals surface area (Å²) in [7, 11) is 0. The third kappa shape index (κ3) is 4.08. The zero-order valence-electron chi connectivity index (χ0n) is 15.4. The molecule has 0 spiro atoms. The summed E-state index contributed by atoms with van der Waals surface area (Å²) < 4.78 is 5.51. The fraction of sp³-hybridized carbons (Fsp3) is 0.500. The van der Waals surface area contributed by atoms with Crippen LogP contribution >= 0.6 is 0 Å².